The number of carbonyl (C=O) groups is 1. The van der Waals surface area contributed by atoms with E-state index in [2.05, 4.69) is 10.3 Å². The monoisotopic (exact) mass is 244 g/mol. The normalized spacial score (nSPS) is 10.5. The third-order valence-corrected chi connectivity index (χ3v) is 2.17. The highest BCUT2D eigenvalue weighted by Crippen LogP contribution is 2.04. The first-order valence-corrected chi connectivity index (χ1v) is 5.00. The van der Waals surface area contributed by atoms with Gasteiger partial charge in [-0.05, 0) is 12.1 Å². The zero-order valence-corrected chi connectivity index (χ0v) is 9.82. The fraction of sp³-hybridized carbons (Fsp3) is 0.400. The number of methoxy groups -OCH3 is 2. The van der Waals surface area contributed by atoms with Crippen molar-refractivity contribution in [2.24, 2.45) is 0 Å². The Hall–Kier alpha value is -1.17. The SMILES string of the molecule is COC(CNC(=O)c1ccc(Cl)nc1)OC. The molecule has 0 radical (unpaired) electrons. The molecule has 0 aliphatic rings. The van der Waals surface area contributed by atoms with Crippen molar-refractivity contribution in [2.45, 2.75) is 6.29 Å². The largest absolute Gasteiger partial charge is 0.354 e. The van der Waals surface area contributed by atoms with Gasteiger partial charge in [-0.3, -0.25) is 4.79 Å². The number of pyridine rings is 1. The first-order valence-electron chi connectivity index (χ1n) is 4.62. The van der Waals surface area contributed by atoms with Crippen molar-refractivity contribution in [1.29, 1.82) is 0 Å². The molecule has 16 heavy (non-hydrogen) atoms. The van der Waals surface area contributed by atoms with E-state index in [9.17, 15) is 4.79 Å². The van der Waals surface area contributed by atoms with Crippen LogP contribution in [-0.4, -0.2) is 37.9 Å². The van der Waals surface area contributed by atoms with Crippen molar-refractivity contribution in [3.05, 3.63) is 29.0 Å². The molecule has 0 spiro atoms. The van der Waals surface area contributed by atoms with E-state index in [0.29, 0.717) is 10.7 Å². The molecule has 0 bridgehead atoms. The second kappa shape index (κ2) is 6.42. The van der Waals surface area contributed by atoms with Crippen LogP contribution in [0.1, 0.15) is 10.4 Å². The van der Waals surface area contributed by atoms with Gasteiger partial charge < -0.3 is 14.8 Å². The number of amides is 1. The van der Waals surface area contributed by atoms with Crippen molar-refractivity contribution in [3.8, 4) is 0 Å². The Labute approximate surface area is 98.7 Å². The van der Waals surface area contributed by atoms with E-state index < -0.39 is 6.29 Å². The Bertz CT molecular complexity index is 338. The van der Waals surface area contributed by atoms with Crippen LogP contribution in [0.5, 0.6) is 0 Å². The molecule has 0 saturated carbocycles. The standard InChI is InChI=1S/C10H13ClN2O3/c1-15-9(16-2)6-13-10(14)7-3-4-8(11)12-5-7/h3-5,9H,6H2,1-2H3,(H,13,14). The zero-order valence-electron chi connectivity index (χ0n) is 9.07. The number of nitrogens with zero attached hydrogens (tertiary/aromatic N) is 1. The Kier molecular flexibility index (Phi) is 5.18. The van der Waals surface area contributed by atoms with Gasteiger partial charge in [-0.2, -0.15) is 0 Å². The van der Waals surface area contributed by atoms with E-state index in [1.807, 2.05) is 0 Å². The molecule has 1 heterocycles. The van der Waals surface area contributed by atoms with Gasteiger partial charge in [-0.1, -0.05) is 11.6 Å². The number of hydrogen-bond acceptors (Lipinski definition) is 4. The summed E-state index contributed by atoms with van der Waals surface area (Å²) < 4.78 is 9.86. The maximum absolute atomic E-state index is 11.6. The van der Waals surface area contributed by atoms with Crippen LogP contribution in [0.15, 0.2) is 18.3 Å². The molecule has 1 N–H and O–H groups in total. The first kappa shape index (κ1) is 12.9. The van der Waals surface area contributed by atoms with Gasteiger partial charge in [-0.15, -0.1) is 0 Å². The zero-order chi connectivity index (χ0) is 12.0. The van der Waals surface area contributed by atoms with Gasteiger partial charge in [0.1, 0.15) is 5.15 Å². The van der Waals surface area contributed by atoms with Crippen molar-refractivity contribution in [3.63, 3.8) is 0 Å². The number of ether oxygens (including phenoxy) is 2. The molecule has 0 unspecified atom stereocenters. The topological polar surface area (TPSA) is 60.5 Å². The van der Waals surface area contributed by atoms with Crippen molar-refractivity contribution in [1.82, 2.24) is 10.3 Å². The second-order valence-corrected chi connectivity index (χ2v) is 3.37. The number of nitrogens with one attached hydrogen (secondary N) is 1. The fourth-order valence-corrected chi connectivity index (χ4v) is 1.16. The van der Waals surface area contributed by atoms with Gasteiger partial charge in [0.05, 0.1) is 12.1 Å². The average molecular weight is 245 g/mol. The van der Waals surface area contributed by atoms with E-state index in [1.165, 1.54) is 20.4 Å². The first-order chi connectivity index (χ1) is 7.67. The Morgan fingerprint density at radius 1 is 1.50 bits per heavy atom. The third kappa shape index (κ3) is 3.77. The molecule has 0 aromatic carbocycles. The summed E-state index contributed by atoms with van der Waals surface area (Å²) in [7, 11) is 3.01. The average Bonchev–Trinajstić information content (AvgIpc) is 2.31. The molecule has 1 rings (SSSR count). The van der Waals surface area contributed by atoms with Gasteiger partial charge in [-0.25, -0.2) is 4.98 Å². The number of hydrogen-bond donors (Lipinski definition) is 1. The molecule has 0 aliphatic heterocycles. The lowest BCUT2D eigenvalue weighted by atomic mass is 10.3. The maximum Gasteiger partial charge on any atom is 0.253 e. The van der Waals surface area contributed by atoms with Crippen LogP contribution in [0, 0.1) is 0 Å². The van der Waals surface area contributed by atoms with Crippen LogP contribution >= 0.6 is 11.6 Å². The van der Waals surface area contributed by atoms with E-state index in [0.717, 1.165) is 0 Å². The van der Waals surface area contributed by atoms with E-state index in [-0.39, 0.29) is 12.5 Å². The molecule has 5 nitrogen and oxygen atoms in total. The molecule has 1 amide bonds. The molecule has 0 atom stereocenters. The lowest BCUT2D eigenvalue weighted by molar-refractivity contribution is -0.0974. The number of halogens is 1. The van der Waals surface area contributed by atoms with Crippen LogP contribution in [0.3, 0.4) is 0 Å². The molecule has 0 aliphatic carbocycles. The van der Waals surface area contributed by atoms with Gasteiger partial charge in [0.15, 0.2) is 6.29 Å². The van der Waals surface area contributed by atoms with E-state index >= 15 is 0 Å². The van der Waals surface area contributed by atoms with Crippen LogP contribution in [0.25, 0.3) is 0 Å². The molecule has 88 valence electrons. The van der Waals surface area contributed by atoms with Crippen LogP contribution in [-0.2, 0) is 9.47 Å². The molecule has 6 heteroatoms. The van der Waals surface area contributed by atoms with Crippen molar-refractivity contribution < 1.29 is 14.3 Å². The summed E-state index contributed by atoms with van der Waals surface area (Å²) >= 11 is 5.61. The molecule has 0 saturated heterocycles. The van der Waals surface area contributed by atoms with Crippen LogP contribution in [0.2, 0.25) is 5.15 Å². The summed E-state index contributed by atoms with van der Waals surface area (Å²) in [6, 6.07) is 3.15. The van der Waals surface area contributed by atoms with Crippen molar-refractivity contribution >= 4 is 17.5 Å². The van der Waals surface area contributed by atoms with Crippen LogP contribution in [0.4, 0.5) is 0 Å². The van der Waals surface area contributed by atoms with Gasteiger partial charge in [0, 0.05) is 20.4 Å². The highest BCUT2D eigenvalue weighted by molar-refractivity contribution is 6.29. The van der Waals surface area contributed by atoms with Gasteiger partial charge >= 0.3 is 0 Å². The minimum absolute atomic E-state index is 0.247. The predicted molar refractivity (Wildman–Crippen MR) is 59.4 cm³/mol. The molecular weight excluding hydrogens is 232 g/mol. The summed E-state index contributed by atoms with van der Waals surface area (Å²) in [6.45, 7) is 0.272. The molecule has 1 aromatic heterocycles. The maximum atomic E-state index is 11.6. The number of rotatable bonds is 5. The van der Waals surface area contributed by atoms with Crippen LogP contribution < -0.4 is 5.32 Å². The second-order valence-electron chi connectivity index (χ2n) is 2.98. The Balaban J connectivity index is 2.49. The summed E-state index contributed by atoms with van der Waals surface area (Å²) in [5.74, 6) is -0.247. The summed E-state index contributed by atoms with van der Waals surface area (Å²) in [5.41, 5.74) is 0.440. The van der Waals surface area contributed by atoms with Gasteiger partial charge in [0.25, 0.3) is 5.91 Å². The van der Waals surface area contributed by atoms with Gasteiger partial charge in [0.2, 0.25) is 0 Å². The quantitative estimate of drug-likeness (QED) is 0.622. The Morgan fingerprint density at radius 2 is 2.19 bits per heavy atom. The highest BCUT2D eigenvalue weighted by Gasteiger charge is 2.09. The molecular formula is C10H13ClN2O3. The smallest absolute Gasteiger partial charge is 0.253 e. The van der Waals surface area contributed by atoms with Crippen molar-refractivity contribution in [2.75, 3.05) is 20.8 Å². The minimum atomic E-state index is -0.454. The highest BCUT2D eigenvalue weighted by atomic mass is 35.5. The summed E-state index contributed by atoms with van der Waals surface area (Å²) in [5, 5.41) is 3.00. The predicted octanol–water partition coefficient (Wildman–Crippen LogP) is 1.08. The van der Waals surface area contributed by atoms with E-state index in [1.54, 1.807) is 12.1 Å². The minimum Gasteiger partial charge on any atom is -0.354 e. The van der Waals surface area contributed by atoms with E-state index in [4.69, 9.17) is 21.1 Å². The summed E-state index contributed by atoms with van der Waals surface area (Å²) in [4.78, 5) is 15.4. The molecule has 0 fully saturated rings. The Morgan fingerprint density at radius 3 is 2.69 bits per heavy atom. The number of aromatic nitrogens is 1. The summed E-state index contributed by atoms with van der Waals surface area (Å²) in [6.07, 6.45) is 0.955. The molecule has 1 aromatic rings. The third-order valence-electron chi connectivity index (χ3n) is 1.94. The lowest BCUT2D eigenvalue weighted by Gasteiger charge is -2.13. The fourth-order valence-electron chi connectivity index (χ4n) is 1.05. The number of carbonyl (C=O) groups excluding carboxylic acids is 1. The lowest BCUT2D eigenvalue weighted by Crippen LogP contribution is -2.34.